The van der Waals surface area contributed by atoms with Crippen LogP contribution in [0.25, 0.3) is 5.69 Å². The van der Waals surface area contributed by atoms with Crippen LogP contribution in [-0.2, 0) is 0 Å². The molecule has 1 atom stereocenters. The minimum absolute atomic E-state index is 0.0199. The summed E-state index contributed by atoms with van der Waals surface area (Å²) < 4.78 is 31.3. The van der Waals surface area contributed by atoms with Crippen molar-refractivity contribution in [1.82, 2.24) is 9.78 Å². The third-order valence-corrected chi connectivity index (χ3v) is 7.31. The van der Waals surface area contributed by atoms with Crippen molar-refractivity contribution in [3.05, 3.63) is 131 Å². The minimum Gasteiger partial charge on any atom is -0.337 e. The molecule has 2 aliphatic heterocycles. The van der Waals surface area contributed by atoms with Crippen molar-refractivity contribution in [3.8, 4) is 5.69 Å². The van der Waals surface area contributed by atoms with Gasteiger partial charge in [0.1, 0.15) is 11.6 Å². The maximum atomic E-state index is 15.6. The molecule has 0 fully saturated rings. The first kappa shape index (κ1) is 24.2. The predicted octanol–water partition coefficient (Wildman–Crippen LogP) is 7.91. The summed E-state index contributed by atoms with van der Waals surface area (Å²) in [4.78, 5) is 12.0. The second kappa shape index (κ2) is 9.43. The summed E-state index contributed by atoms with van der Waals surface area (Å²) >= 11 is 6.08. The normalized spacial score (nSPS) is 15.5. The summed E-state index contributed by atoms with van der Waals surface area (Å²) in [6.07, 6.45) is 0. The van der Waals surface area contributed by atoms with E-state index in [1.54, 1.807) is 22.9 Å². The Bertz CT molecular complexity index is 1850. The lowest BCUT2D eigenvalue weighted by atomic mass is 9.93. The van der Waals surface area contributed by atoms with Gasteiger partial charge in [0.05, 0.1) is 33.8 Å². The van der Waals surface area contributed by atoms with Crippen LogP contribution in [-0.4, -0.2) is 21.5 Å². The first-order valence-electron chi connectivity index (χ1n) is 12.7. The number of halogens is 3. The number of para-hydroxylation sites is 3. The zero-order valence-corrected chi connectivity index (χ0v) is 21.9. The number of fused-ring (bicyclic) bond motifs is 4. The van der Waals surface area contributed by atoms with Crippen LogP contribution in [0.2, 0.25) is 5.02 Å². The van der Waals surface area contributed by atoms with Crippen LogP contribution in [0.4, 0.5) is 31.7 Å². The van der Waals surface area contributed by atoms with Gasteiger partial charge in [-0.2, -0.15) is 5.10 Å². The molecule has 0 aliphatic carbocycles. The van der Waals surface area contributed by atoms with Crippen molar-refractivity contribution < 1.29 is 8.78 Å². The SMILES string of the molecule is Cc1nn(-c2ccccc2)c2c1[C@@H](c1ccccc1F)N1C(=N2)C(Nc2ccc(F)c(Cl)c2)=Nc2ccccc21. The van der Waals surface area contributed by atoms with Gasteiger partial charge >= 0.3 is 0 Å². The molecule has 0 saturated heterocycles. The molecule has 0 saturated carbocycles. The summed E-state index contributed by atoms with van der Waals surface area (Å²) in [6.45, 7) is 1.91. The molecule has 3 heterocycles. The van der Waals surface area contributed by atoms with E-state index >= 15 is 4.39 Å². The number of rotatable bonds is 3. The molecule has 0 bridgehead atoms. The Kier molecular flexibility index (Phi) is 5.71. The molecule has 0 radical (unpaired) electrons. The zero-order chi connectivity index (χ0) is 27.4. The first-order chi connectivity index (χ1) is 19.5. The molecule has 196 valence electrons. The molecule has 9 heteroatoms. The van der Waals surface area contributed by atoms with Gasteiger partial charge < -0.3 is 10.2 Å². The minimum atomic E-state index is -0.591. The standard InChI is InChI=1S/C31H21ClF2N6/c1-18-27-28(21-11-5-6-12-23(21)33)39-26-14-8-7-13-25(26)36-29(35-19-15-16-24(34)22(32)17-19)31(39)37-30(27)40(38-18)20-9-3-2-4-10-20/h2-17,28H,1H3,(H,35,36)/t28-/m1/s1. The smallest absolute Gasteiger partial charge is 0.179 e. The molecular weight excluding hydrogens is 530 g/mol. The molecular formula is C31H21ClF2N6. The highest BCUT2D eigenvalue weighted by molar-refractivity contribution is 6.51. The highest BCUT2D eigenvalue weighted by Gasteiger charge is 2.42. The third-order valence-electron chi connectivity index (χ3n) is 7.02. The van der Waals surface area contributed by atoms with Crippen LogP contribution in [0.1, 0.15) is 22.9 Å². The largest absolute Gasteiger partial charge is 0.337 e. The van der Waals surface area contributed by atoms with E-state index in [2.05, 4.69) is 5.32 Å². The average molecular weight is 551 g/mol. The highest BCUT2D eigenvalue weighted by atomic mass is 35.5. The summed E-state index contributed by atoms with van der Waals surface area (Å²) in [6, 6.07) is 27.8. The number of anilines is 2. The molecule has 0 unspecified atom stereocenters. The Hall–Kier alpha value is -4.82. The van der Waals surface area contributed by atoms with Gasteiger partial charge in [0, 0.05) is 16.8 Å². The van der Waals surface area contributed by atoms with E-state index in [0.29, 0.717) is 34.4 Å². The third kappa shape index (κ3) is 3.87. The monoisotopic (exact) mass is 550 g/mol. The average Bonchev–Trinajstić information content (AvgIpc) is 3.31. The summed E-state index contributed by atoms with van der Waals surface area (Å²) in [5.41, 5.74) is 4.81. The number of nitrogens with zero attached hydrogens (tertiary/aromatic N) is 5. The van der Waals surface area contributed by atoms with E-state index in [4.69, 9.17) is 26.7 Å². The molecule has 1 aromatic heterocycles. The molecule has 6 nitrogen and oxygen atoms in total. The molecule has 40 heavy (non-hydrogen) atoms. The van der Waals surface area contributed by atoms with Crippen LogP contribution in [0.3, 0.4) is 0 Å². The van der Waals surface area contributed by atoms with Crippen molar-refractivity contribution in [3.63, 3.8) is 0 Å². The fourth-order valence-corrected chi connectivity index (χ4v) is 5.43. The van der Waals surface area contributed by atoms with Crippen molar-refractivity contribution >= 4 is 46.2 Å². The van der Waals surface area contributed by atoms with Gasteiger partial charge in [0.25, 0.3) is 0 Å². The second-order valence-electron chi connectivity index (χ2n) is 9.50. The number of nitrogens with one attached hydrogen (secondary N) is 1. The van der Waals surface area contributed by atoms with Gasteiger partial charge in [-0.1, -0.05) is 60.1 Å². The topological polar surface area (TPSA) is 57.8 Å². The summed E-state index contributed by atoms with van der Waals surface area (Å²) in [5.74, 6) is 0.593. The van der Waals surface area contributed by atoms with Crippen LogP contribution < -0.4 is 10.2 Å². The number of amidine groups is 2. The van der Waals surface area contributed by atoms with Crippen molar-refractivity contribution in [2.24, 2.45) is 9.98 Å². The first-order valence-corrected chi connectivity index (χ1v) is 13.0. The summed E-state index contributed by atoms with van der Waals surface area (Å²) in [7, 11) is 0. The maximum absolute atomic E-state index is 15.6. The van der Waals surface area contributed by atoms with Crippen molar-refractivity contribution in [1.29, 1.82) is 0 Å². The number of aliphatic imine (C=N–C) groups is 2. The Labute approximate surface area is 233 Å². The predicted molar refractivity (Wildman–Crippen MR) is 155 cm³/mol. The quantitative estimate of drug-likeness (QED) is 0.248. The Morgan fingerprint density at radius 2 is 1.57 bits per heavy atom. The van der Waals surface area contributed by atoms with E-state index in [9.17, 15) is 4.39 Å². The highest BCUT2D eigenvalue weighted by Crippen LogP contribution is 2.48. The van der Waals surface area contributed by atoms with E-state index in [1.807, 2.05) is 72.5 Å². The Morgan fingerprint density at radius 1 is 0.825 bits per heavy atom. The molecule has 0 amide bonds. The number of aryl methyl sites for hydroxylation is 1. The molecule has 4 aromatic carbocycles. The molecule has 5 aromatic rings. The molecule has 7 rings (SSSR count). The van der Waals surface area contributed by atoms with E-state index in [0.717, 1.165) is 22.6 Å². The van der Waals surface area contributed by atoms with Crippen LogP contribution in [0, 0.1) is 18.6 Å². The lowest BCUT2D eigenvalue weighted by Crippen LogP contribution is -2.46. The lowest BCUT2D eigenvalue weighted by molar-refractivity contribution is 0.597. The van der Waals surface area contributed by atoms with Gasteiger partial charge in [-0.05, 0) is 55.5 Å². The van der Waals surface area contributed by atoms with Crippen LogP contribution in [0.5, 0.6) is 0 Å². The fourth-order valence-electron chi connectivity index (χ4n) is 5.25. The molecule has 2 aliphatic rings. The lowest BCUT2D eigenvalue weighted by Gasteiger charge is -2.40. The molecule has 0 spiro atoms. The van der Waals surface area contributed by atoms with Gasteiger partial charge in [-0.15, -0.1) is 0 Å². The van der Waals surface area contributed by atoms with Gasteiger partial charge in [-0.3, -0.25) is 0 Å². The number of benzene rings is 4. The zero-order valence-electron chi connectivity index (χ0n) is 21.2. The number of hydrogen-bond donors (Lipinski definition) is 1. The van der Waals surface area contributed by atoms with Gasteiger partial charge in [0.15, 0.2) is 17.5 Å². The Morgan fingerprint density at radius 3 is 2.38 bits per heavy atom. The maximum Gasteiger partial charge on any atom is 0.179 e. The number of hydrogen-bond acceptors (Lipinski definition) is 5. The van der Waals surface area contributed by atoms with Crippen molar-refractivity contribution in [2.75, 3.05) is 10.2 Å². The van der Waals surface area contributed by atoms with E-state index in [1.165, 1.54) is 18.2 Å². The van der Waals surface area contributed by atoms with Crippen molar-refractivity contribution in [2.45, 2.75) is 13.0 Å². The van der Waals surface area contributed by atoms with Crippen LogP contribution >= 0.6 is 11.6 Å². The number of aromatic nitrogens is 2. The van der Waals surface area contributed by atoms with Gasteiger partial charge in [0.2, 0.25) is 0 Å². The van der Waals surface area contributed by atoms with E-state index in [-0.39, 0.29) is 10.8 Å². The van der Waals surface area contributed by atoms with Gasteiger partial charge in [-0.25, -0.2) is 23.4 Å². The molecule has 1 N–H and O–H groups in total. The van der Waals surface area contributed by atoms with E-state index < -0.39 is 11.9 Å². The summed E-state index contributed by atoms with van der Waals surface area (Å²) in [5, 5.41) is 8.11. The van der Waals surface area contributed by atoms with Crippen LogP contribution in [0.15, 0.2) is 107 Å². The Balaban J connectivity index is 1.50. The second-order valence-corrected chi connectivity index (χ2v) is 9.91. The fraction of sp³-hybridized carbons (Fsp3) is 0.0645.